The predicted octanol–water partition coefficient (Wildman–Crippen LogP) is 6.13. The fourth-order valence-corrected chi connectivity index (χ4v) is 4.24. The Morgan fingerprint density at radius 2 is 1.81 bits per heavy atom. The molecule has 32 heavy (non-hydrogen) atoms. The summed E-state index contributed by atoms with van der Waals surface area (Å²) in [5, 5.41) is 11.9. The van der Waals surface area contributed by atoms with Gasteiger partial charge in [0.05, 0.1) is 11.4 Å². The number of benzene rings is 3. The van der Waals surface area contributed by atoms with Crippen LogP contribution in [0.15, 0.2) is 82.4 Å². The predicted molar refractivity (Wildman–Crippen MR) is 130 cm³/mol. The topological polar surface area (TPSA) is 59.8 Å². The summed E-state index contributed by atoms with van der Waals surface area (Å²) in [6, 6.07) is 22.5. The molecule has 0 aliphatic heterocycles. The van der Waals surface area contributed by atoms with Gasteiger partial charge in [-0.25, -0.2) is 4.39 Å². The molecular formula is C24H20BrFN4OS. The van der Waals surface area contributed by atoms with Crippen LogP contribution in [-0.2, 0) is 11.2 Å². The number of carbonyl (C=O) groups excluding carboxylic acids is 1. The Labute approximate surface area is 198 Å². The summed E-state index contributed by atoms with van der Waals surface area (Å²) in [4.78, 5) is 12.5. The zero-order valence-corrected chi connectivity index (χ0v) is 19.7. The second-order valence-corrected chi connectivity index (χ2v) is 8.85. The molecule has 0 atom stereocenters. The van der Waals surface area contributed by atoms with Gasteiger partial charge in [-0.1, -0.05) is 77.1 Å². The zero-order chi connectivity index (χ0) is 22.5. The Hall–Kier alpha value is -2.97. The molecule has 1 heterocycles. The van der Waals surface area contributed by atoms with E-state index in [1.807, 2.05) is 47.0 Å². The summed E-state index contributed by atoms with van der Waals surface area (Å²) >= 11 is 4.46. The van der Waals surface area contributed by atoms with Crippen LogP contribution in [0.1, 0.15) is 12.5 Å². The van der Waals surface area contributed by atoms with Crippen LogP contribution in [0.5, 0.6) is 0 Å². The summed E-state index contributed by atoms with van der Waals surface area (Å²) in [5.74, 6) is -0.0662. The van der Waals surface area contributed by atoms with E-state index in [4.69, 9.17) is 0 Å². The Morgan fingerprint density at radius 1 is 1.06 bits per heavy atom. The lowest BCUT2D eigenvalue weighted by Crippen LogP contribution is -2.15. The summed E-state index contributed by atoms with van der Waals surface area (Å²) in [6.07, 6.45) is 0.947. The number of nitrogens with zero attached hydrogens (tertiary/aromatic N) is 3. The highest BCUT2D eigenvalue weighted by Crippen LogP contribution is 2.28. The molecule has 0 spiro atoms. The normalized spacial score (nSPS) is 10.8. The zero-order valence-electron chi connectivity index (χ0n) is 17.3. The van der Waals surface area contributed by atoms with Gasteiger partial charge in [-0.05, 0) is 42.3 Å². The lowest BCUT2D eigenvalue weighted by Gasteiger charge is -2.11. The summed E-state index contributed by atoms with van der Waals surface area (Å²) in [7, 11) is 0. The van der Waals surface area contributed by atoms with E-state index in [0.29, 0.717) is 15.5 Å². The van der Waals surface area contributed by atoms with E-state index < -0.39 is 5.82 Å². The fraction of sp³-hybridized carbons (Fsp3) is 0.125. The lowest BCUT2D eigenvalue weighted by molar-refractivity contribution is -0.113. The van der Waals surface area contributed by atoms with Gasteiger partial charge < -0.3 is 5.32 Å². The molecule has 8 heteroatoms. The first-order chi connectivity index (χ1) is 15.5. The fourth-order valence-electron chi connectivity index (χ4n) is 3.16. The van der Waals surface area contributed by atoms with Crippen molar-refractivity contribution >= 4 is 39.3 Å². The first kappa shape index (κ1) is 22.2. The number of hydrogen-bond acceptors (Lipinski definition) is 4. The van der Waals surface area contributed by atoms with Crippen LogP contribution in [0, 0.1) is 5.82 Å². The molecule has 1 N–H and O–H groups in total. The molecule has 0 bridgehead atoms. The third-order valence-electron chi connectivity index (χ3n) is 4.81. The van der Waals surface area contributed by atoms with Crippen molar-refractivity contribution in [3.8, 4) is 17.1 Å². The Kier molecular flexibility index (Phi) is 7.02. The quantitative estimate of drug-likeness (QED) is 0.304. The van der Waals surface area contributed by atoms with Crippen molar-refractivity contribution in [1.82, 2.24) is 14.8 Å². The number of amides is 1. The molecule has 4 rings (SSSR count). The van der Waals surface area contributed by atoms with E-state index in [1.54, 1.807) is 6.07 Å². The maximum Gasteiger partial charge on any atom is 0.234 e. The summed E-state index contributed by atoms with van der Waals surface area (Å²) in [6.45, 7) is 2.11. The van der Waals surface area contributed by atoms with Gasteiger partial charge in [-0.2, -0.15) is 0 Å². The number of rotatable bonds is 7. The lowest BCUT2D eigenvalue weighted by atomic mass is 10.1. The Balaban J connectivity index is 1.59. The Bertz CT molecular complexity index is 1230. The summed E-state index contributed by atoms with van der Waals surface area (Å²) < 4.78 is 16.6. The van der Waals surface area contributed by atoms with Gasteiger partial charge in [-0.15, -0.1) is 10.2 Å². The van der Waals surface area contributed by atoms with Crippen molar-refractivity contribution in [3.05, 3.63) is 88.6 Å². The van der Waals surface area contributed by atoms with Gasteiger partial charge in [0.1, 0.15) is 5.82 Å². The minimum Gasteiger partial charge on any atom is -0.323 e. The van der Waals surface area contributed by atoms with Crippen molar-refractivity contribution in [2.24, 2.45) is 0 Å². The highest BCUT2D eigenvalue weighted by Gasteiger charge is 2.18. The third-order valence-corrected chi connectivity index (χ3v) is 6.23. The van der Waals surface area contributed by atoms with E-state index in [9.17, 15) is 9.18 Å². The number of nitrogens with one attached hydrogen (secondary N) is 1. The van der Waals surface area contributed by atoms with Crippen LogP contribution in [0.25, 0.3) is 17.1 Å². The van der Waals surface area contributed by atoms with E-state index in [1.165, 1.54) is 29.5 Å². The van der Waals surface area contributed by atoms with Crippen LogP contribution in [-0.4, -0.2) is 26.4 Å². The molecule has 3 aromatic carbocycles. The average Bonchev–Trinajstić information content (AvgIpc) is 3.24. The molecule has 0 fully saturated rings. The van der Waals surface area contributed by atoms with Gasteiger partial charge in [0, 0.05) is 15.7 Å². The third kappa shape index (κ3) is 5.08. The molecule has 0 aliphatic carbocycles. The van der Waals surface area contributed by atoms with E-state index in [2.05, 4.69) is 50.5 Å². The van der Waals surface area contributed by atoms with Gasteiger partial charge >= 0.3 is 0 Å². The highest BCUT2D eigenvalue weighted by molar-refractivity contribution is 9.10. The van der Waals surface area contributed by atoms with Crippen LogP contribution in [0.3, 0.4) is 0 Å². The number of anilines is 1. The Morgan fingerprint density at radius 3 is 2.50 bits per heavy atom. The number of carbonyl (C=O) groups is 1. The number of aryl methyl sites for hydroxylation is 1. The minimum atomic E-state index is -0.497. The molecule has 0 saturated heterocycles. The van der Waals surface area contributed by atoms with Crippen LogP contribution in [0.2, 0.25) is 0 Å². The smallest absolute Gasteiger partial charge is 0.234 e. The molecule has 0 radical (unpaired) electrons. The number of halogens is 2. The number of hydrogen-bond donors (Lipinski definition) is 1. The molecule has 4 aromatic rings. The van der Waals surface area contributed by atoms with Gasteiger partial charge in [0.25, 0.3) is 0 Å². The van der Waals surface area contributed by atoms with Crippen LogP contribution >= 0.6 is 27.7 Å². The number of aromatic nitrogens is 3. The molecule has 162 valence electrons. The largest absolute Gasteiger partial charge is 0.323 e. The van der Waals surface area contributed by atoms with E-state index >= 15 is 0 Å². The van der Waals surface area contributed by atoms with Crippen molar-refractivity contribution in [2.45, 2.75) is 18.5 Å². The van der Waals surface area contributed by atoms with Gasteiger partial charge in [0.15, 0.2) is 11.0 Å². The van der Waals surface area contributed by atoms with Crippen molar-refractivity contribution in [2.75, 3.05) is 11.1 Å². The number of thioether (sulfide) groups is 1. The SMILES string of the molecule is CCc1ccc(-n2c(SCC(=O)Nc3ccc(Br)cc3F)nnc2-c2ccccc2)cc1. The standard InChI is InChI=1S/C24H20BrFN4OS/c1-2-16-8-11-19(12-9-16)30-23(17-6-4-3-5-7-17)28-29-24(30)32-15-22(31)27-21-13-10-18(25)14-20(21)26/h3-14H,2,15H2,1H3,(H,27,31). The second-order valence-electron chi connectivity index (χ2n) is 6.99. The molecule has 1 aromatic heterocycles. The van der Waals surface area contributed by atoms with E-state index in [-0.39, 0.29) is 17.3 Å². The van der Waals surface area contributed by atoms with Gasteiger partial charge in [-0.3, -0.25) is 9.36 Å². The van der Waals surface area contributed by atoms with Crippen molar-refractivity contribution < 1.29 is 9.18 Å². The first-order valence-electron chi connectivity index (χ1n) is 10.0. The van der Waals surface area contributed by atoms with Crippen LogP contribution < -0.4 is 5.32 Å². The molecule has 1 amide bonds. The van der Waals surface area contributed by atoms with E-state index in [0.717, 1.165) is 17.7 Å². The average molecular weight is 511 g/mol. The maximum atomic E-state index is 14.0. The highest BCUT2D eigenvalue weighted by atomic mass is 79.9. The molecule has 0 aliphatic rings. The minimum absolute atomic E-state index is 0.0650. The van der Waals surface area contributed by atoms with Crippen LogP contribution in [0.4, 0.5) is 10.1 Å². The molecule has 0 saturated carbocycles. The molecule has 0 unspecified atom stereocenters. The van der Waals surface area contributed by atoms with Crippen molar-refractivity contribution in [3.63, 3.8) is 0 Å². The molecular weight excluding hydrogens is 491 g/mol. The van der Waals surface area contributed by atoms with Gasteiger partial charge in [0.2, 0.25) is 5.91 Å². The first-order valence-corrected chi connectivity index (χ1v) is 11.8. The molecule has 5 nitrogen and oxygen atoms in total. The van der Waals surface area contributed by atoms with Crippen molar-refractivity contribution in [1.29, 1.82) is 0 Å². The maximum absolute atomic E-state index is 14.0. The summed E-state index contributed by atoms with van der Waals surface area (Å²) in [5.41, 5.74) is 3.20. The monoisotopic (exact) mass is 510 g/mol. The second kappa shape index (κ2) is 10.1.